The van der Waals surface area contributed by atoms with E-state index in [1.165, 1.54) is 12.1 Å². The molecule has 0 aliphatic heterocycles. The second kappa shape index (κ2) is 11.4. The van der Waals surface area contributed by atoms with E-state index in [4.69, 9.17) is 10.8 Å². The molecule has 0 bridgehead atoms. The number of nitrogens with two attached hydrogens (primary N) is 1. The molecule has 0 atom stereocenters. The lowest BCUT2D eigenvalue weighted by Gasteiger charge is -2.09. The molecule has 0 fully saturated rings. The molecule has 4 aromatic rings. The molecule has 1 heterocycles. The molecule has 0 saturated carbocycles. The van der Waals surface area contributed by atoms with Gasteiger partial charge in [-0.1, -0.05) is 42.5 Å². The lowest BCUT2D eigenvalue weighted by atomic mass is 10.1. The number of benzene rings is 3. The number of nitrogens with zero attached hydrogens (tertiary/aromatic N) is 3. The normalized spacial score (nSPS) is 10.8. The monoisotopic (exact) mass is 480 g/mol. The topological polar surface area (TPSA) is 143 Å². The molecule has 4 rings (SSSR count). The lowest BCUT2D eigenvalue weighted by Crippen LogP contribution is -2.22. The lowest BCUT2D eigenvalue weighted by molar-refractivity contribution is 0.0696. The number of hydrogen-bond donors (Lipinski definition) is 4. The Bertz CT molecular complexity index is 1390. The predicted molar refractivity (Wildman–Crippen MR) is 139 cm³/mol. The Morgan fingerprint density at radius 1 is 0.972 bits per heavy atom. The SMILES string of the molecule is Nc1ncc(-c2cccc(C(=O)NCc3ccccc3)c2)nc1C/C=N/Nc1ccc(C(=O)O)cc1. The zero-order valence-electron chi connectivity index (χ0n) is 19.3. The molecule has 1 amide bonds. The maximum atomic E-state index is 12.6. The molecule has 0 saturated heterocycles. The number of nitrogens with one attached hydrogen (secondary N) is 2. The van der Waals surface area contributed by atoms with Gasteiger partial charge in [0.15, 0.2) is 0 Å². The van der Waals surface area contributed by atoms with E-state index in [0.717, 1.165) is 11.1 Å². The summed E-state index contributed by atoms with van der Waals surface area (Å²) in [7, 11) is 0. The van der Waals surface area contributed by atoms with Crippen molar-refractivity contribution in [2.24, 2.45) is 5.10 Å². The zero-order chi connectivity index (χ0) is 25.3. The van der Waals surface area contributed by atoms with Gasteiger partial charge in [0.1, 0.15) is 5.82 Å². The summed E-state index contributed by atoms with van der Waals surface area (Å²) in [5.41, 5.74) is 13.1. The summed E-state index contributed by atoms with van der Waals surface area (Å²) < 4.78 is 0. The Labute approximate surface area is 207 Å². The first-order chi connectivity index (χ1) is 17.5. The standard InChI is InChI=1S/C27H24N6O3/c28-25-23(13-14-31-33-22-11-9-19(10-12-22)27(35)36)32-24(17-29-25)20-7-4-8-21(15-20)26(34)30-16-18-5-2-1-3-6-18/h1-12,14-15,17,33H,13,16H2,(H2,28,29)(H,30,34)(H,35,36)/b31-14+. The smallest absolute Gasteiger partial charge is 0.335 e. The van der Waals surface area contributed by atoms with E-state index < -0.39 is 5.97 Å². The van der Waals surface area contributed by atoms with Crippen LogP contribution in [0.3, 0.4) is 0 Å². The minimum atomic E-state index is -0.989. The van der Waals surface area contributed by atoms with Crippen LogP contribution in [0.4, 0.5) is 11.5 Å². The van der Waals surface area contributed by atoms with Crippen molar-refractivity contribution in [2.75, 3.05) is 11.2 Å². The fourth-order valence-corrected chi connectivity index (χ4v) is 3.37. The first-order valence-electron chi connectivity index (χ1n) is 11.1. The summed E-state index contributed by atoms with van der Waals surface area (Å²) in [6, 6.07) is 23.1. The second-order valence-corrected chi connectivity index (χ2v) is 7.85. The minimum absolute atomic E-state index is 0.182. The third kappa shape index (κ3) is 6.29. The van der Waals surface area contributed by atoms with Crippen LogP contribution in [0.5, 0.6) is 0 Å². The van der Waals surface area contributed by atoms with Gasteiger partial charge >= 0.3 is 5.97 Å². The van der Waals surface area contributed by atoms with E-state index in [1.54, 1.807) is 42.7 Å². The van der Waals surface area contributed by atoms with Crippen molar-refractivity contribution in [3.8, 4) is 11.3 Å². The van der Waals surface area contributed by atoms with Crippen molar-refractivity contribution in [1.29, 1.82) is 0 Å². The largest absolute Gasteiger partial charge is 0.478 e. The number of carboxylic acid groups (broad SMARTS) is 1. The number of hydrogen-bond acceptors (Lipinski definition) is 7. The number of aromatic carboxylic acids is 1. The summed E-state index contributed by atoms with van der Waals surface area (Å²) in [6.07, 6.45) is 3.49. The van der Waals surface area contributed by atoms with Crippen LogP contribution >= 0.6 is 0 Å². The van der Waals surface area contributed by atoms with Gasteiger partial charge in [-0.25, -0.2) is 14.8 Å². The minimum Gasteiger partial charge on any atom is -0.478 e. The van der Waals surface area contributed by atoms with E-state index in [2.05, 4.69) is 25.8 Å². The third-order valence-corrected chi connectivity index (χ3v) is 5.29. The first-order valence-corrected chi connectivity index (χ1v) is 11.1. The number of carbonyl (C=O) groups is 2. The molecular formula is C27H24N6O3. The quantitative estimate of drug-likeness (QED) is 0.209. The maximum Gasteiger partial charge on any atom is 0.335 e. The van der Waals surface area contributed by atoms with Gasteiger partial charge in [0.25, 0.3) is 5.91 Å². The zero-order valence-corrected chi connectivity index (χ0v) is 19.3. The van der Waals surface area contributed by atoms with Gasteiger partial charge in [0.05, 0.1) is 28.8 Å². The van der Waals surface area contributed by atoms with E-state index in [0.29, 0.717) is 35.6 Å². The number of aromatic nitrogens is 2. The highest BCUT2D eigenvalue weighted by atomic mass is 16.4. The number of carbonyl (C=O) groups excluding carboxylic acids is 1. The Balaban J connectivity index is 1.41. The van der Waals surface area contributed by atoms with Crippen LogP contribution in [0.1, 0.15) is 32.0 Å². The van der Waals surface area contributed by atoms with Crippen molar-refractivity contribution >= 4 is 29.6 Å². The van der Waals surface area contributed by atoms with Gasteiger partial charge in [-0.05, 0) is 42.0 Å². The number of carboxylic acids is 1. The van der Waals surface area contributed by atoms with Crippen molar-refractivity contribution in [1.82, 2.24) is 15.3 Å². The Morgan fingerprint density at radius 3 is 2.50 bits per heavy atom. The molecule has 1 aromatic heterocycles. The number of amides is 1. The average Bonchev–Trinajstić information content (AvgIpc) is 2.91. The highest BCUT2D eigenvalue weighted by Crippen LogP contribution is 2.20. The van der Waals surface area contributed by atoms with Crippen molar-refractivity contribution in [3.05, 3.63) is 107 Å². The van der Waals surface area contributed by atoms with Crippen molar-refractivity contribution in [3.63, 3.8) is 0 Å². The van der Waals surface area contributed by atoms with Crippen molar-refractivity contribution in [2.45, 2.75) is 13.0 Å². The number of rotatable bonds is 9. The molecule has 180 valence electrons. The summed E-state index contributed by atoms with van der Waals surface area (Å²) in [5, 5.41) is 16.0. The molecule has 0 aliphatic carbocycles. The highest BCUT2D eigenvalue weighted by molar-refractivity contribution is 5.95. The molecule has 0 radical (unpaired) electrons. The maximum absolute atomic E-state index is 12.6. The average molecular weight is 481 g/mol. The van der Waals surface area contributed by atoms with Crippen LogP contribution in [0.25, 0.3) is 11.3 Å². The van der Waals surface area contributed by atoms with Crippen LogP contribution in [0.2, 0.25) is 0 Å². The molecule has 5 N–H and O–H groups in total. The fourth-order valence-electron chi connectivity index (χ4n) is 3.37. The van der Waals surface area contributed by atoms with E-state index in [-0.39, 0.29) is 17.3 Å². The van der Waals surface area contributed by atoms with E-state index >= 15 is 0 Å². The van der Waals surface area contributed by atoms with Crippen LogP contribution < -0.4 is 16.5 Å². The molecule has 0 spiro atoms. The van der Waals surface area contributed by atoms with Crippen LogP contribution in [0, 0.1) is 0 Å². The summed E-state index contributed by atoms with van der Waals surface area (Å²) in [6.45, 7) is 0.437. The number of anilines is 2. The van der Waals surface area contributed by atoms with Gasteiger partial charge in [-0.2, -0.15) is 5.10 Å². The molecule has 9 nitrogen and oxygen atoms in total. The predicted octanol–water partition coefficient (Wildman–Crippen LogP) is 3.99. The Morgan fingerprint density at radius 2 is 1.75 bits per heavy atom. The van der Waals surface area contributed by atoms with E-state index in [9.17, 15) is 9.59 Å². The number of nitrogen functional groups attached to an aromatic ring is 1. The Hall–Kier alpha value is -5.05. The molecular weight excluding hydrogens is 456 g/mol. The summed E-state index contributed by atoms with van der Waals surface area (Å²) >= 11 is 0. The fraction of sp³-hybridized carbons (Fsp3) is 0.0741. The first kappa shape index (κ1) is 24.1. The Kier molecular flexibility index (Phi) is 7.62. The molecule has 36 heavy (non-hydrogen) atoms. The van der Waals surface area contributed by atoms with Gasteiger partial charge in [-0.3, -0.25) is 10.2 Å². The summed E-state index contributed by atoms with van der Waals surface area (Å²) in [4.78, 5) is 32.4. The third-order valence-electron chi connectivity index (χ3n) is 5.29. The van der Waals surface area contributed by atoms with Crippen LogP contribution in [-0.2, 0) is 13.0 Å². The highest BCUT2D eigenvalue weighted by Gasteiger charge is 2.10. The van der Waals surface area contributed by atoms with Gasteiger partial charge in [0.2, 0.25) is 0 Å². The van der Waals surface area contributed by atoms with Gasteiger partial charge in [0, 0.05) is 30.3 Å². The van der Waals surface area contributed by atoms with E-state index in [1.807, 2.05) is 36.4 Å². The van der Waals surface area contributed by atoms with Crippen LogP contribution in [0.15, 0.2) is 90.2 Å². The second-order valence-electron chi connectivity index (χ2n) is 7.85. The molecule has 9 heteroatoms. The number of hydrazone groups is 1. The van der Waals surface area contributed by atoms with Crippen molar-refractivity contribution < 1.29 is 14.7 Å². The molecule has 0 unspecified atom stereocenters. The van der Waals surface area contributed by atoms with Gasteiger partial charge in [-0.15, -0.1) is 0 Å². The van der Waals surface area contributed by atoms with Crippen LogP contribution in [-0.4, -0.2) is 33.2 Å². The molecule has 3 aromatic carbocycles. The summed E-state index contributed by atoms with van der Waals surface area (Å²) in [5.74, 6) is -0.885. The van der Waals surface area contributed by atoms with Gasteiger partial charge < -0.3 is 16.2 Å². The molecule has 0 aliphatic rings.